The van der Waals surface area contributed by atoms with Crippen LogP contribution in [-0.2, 0) is 16.1 Å². The van der Waals surface area contributed by atoms with Crippen molar-refractivity contribution in [3.8, 4) is 0 Å². The number of nitrogens with zero attached hydrogens (tertiary/aromatic N) is 1. The first-order chi connectivity index (χ1) is 11.1. The van der Waals surface area contributed by atoms with Crippen LogP contribution in [-0.4, -0.2) is 36.6 Å². The normalized spacial score (nSPS) is 15.4. The summed E-state index contributed by atoms with van der Waals surface area (Å²) in [4.78, 5) is 27.8. The van der Waals surface area contributed by atoms with Crippen molar-refractivity contribution in [1.82, 2.24) is 15.6 Å². The lowest BCUT2D eigenvalue weighted by Crippen LogP contribution is -2.33. The van der Waals surface area contributed by atoms with Crippen LogP contribution in [0.3, 0.4) is 0 Å². The number of esters is 1. The molecule has 1 aliphatic heterocycles. The molecule has 2 N–H and O–H groups in total. The van der Waals surface area contributed by atoms with Gasteiger partial charge in [-0.1, -0.05) is 6.92 Å². The number of halogens is 2. The monoisotopic (exact) mass is 411 g/mol. The number of amides is 1. The number of hydrogen-bond donors (Lipinski definition) is 2. The minimum absolute atomic E-state index is 0. The molecule has 0 spiro atoms. The molecule has 0 aliphatic carbocycles. The first-order valence-corrected chi connectivity index (χ1v) is 9.07. The zero-order valence-corrected chi connectivity index (χ0v) is 17.0. The van der Waals surface area contributed by atoms with Crippen molar-refractivity contribution in [2.45, 2.75) is 39.7 Å². The molecule has 0 aromatic carbocycles. The molecule has 1 aliphatic rings. The number of thiazole rings is 1. The molecule has 2 rings (SSSR count). The van der Waals surface area contributed by atoms with Crippen LogP contribution in [0.15, 0.2) is 5.38 Å². The summed E-state index contributed by atoms with van der Waals surface area (Å²) in [6, 6.07) is 0. The SMILES string of the molecule is CCOC(=O)c1csc(CNC(=O)CC(C)C2CCNCC2)n1.Cl.Cl. The van der Waals surface area contributed by atoms with Crippen molar-refractivity contribution in [2.24, 2.45) is 11.8 Å². The van der Waals surface area contributed by atoms with Crippen molar-refractivity contribution in [1.29, 1.82) is 0 Å². The van der Waals surface area contributed by atoms with Crippen LogP contribution in [0.5, 0.6) is 0 Å². The fourth-order valence-electron chi connectivity index (χ4n) is 2.81. The summed E-state index contributed by atoms with van der Waals surface area (Å²) in [6.07, 6.45) is 2.83. The van der Waals surface area contributed by atoms with Gasteiger partial charge in [0.1, 0.15) is 5.01 Å². The van der Waals surface area contributed by atoms with E-state index in [1.807, 2.05) is 0 Å². The van der Waals surface area contributed by atoms with Crippen molar-refractivity contribution in [2.75, 3.05) is 19.7 Å². The molecule has 1 fully saturated rings. The van der Waals surface area contributed by atoms with Crippen LogP contribution in [0.25, 0.3) is 0 Å². The van der Waals surface area contributed by atoms with Gasteiger partial charge in [0, 0.05) is 11.8 Å². The van der Waals surface area contributed by atoms with E-state index in [0.29, 0.717) is 37.1 Å². The van der Waals surface area contributed by atoms with Crippen LogP contribution >= 0.6 is 36.2 Å². The molecule has 0 bridgehead atoms. The average Bonchev–Trinajstić information content (AvgIpc) is 3.03. The third-order valence-electron chi connectivity index (χ3n) is 4.17. The van der Waals surface area contributed by atoms with E-state index in [-0.39, 0.29) is 30.7 Å². The molecule has 144 valence electrons. The number of ether oxygens (including phenoxy) is 1. The topological polar surface area (TPSA) is 80.3 Å². The predicted molar refractivity (Wildman–Crippen MR) is 104 cm³/mol. The number of nitrogens with one attached hydrogen (secondary N) is 2. The van der Waals surface area contributed by atoms with Gasteiger partial charge in [0.2, 0.25) is 5.91 Å². The van der Waals surface area contributed by atoms with Gasteiger partial charge in [0.05, 0.1) is 13.2 Å². The molecule has 1 amide bonds. The zero-order chi connectivity index (χ0) is 16.7. The number of carbonyl (C=O) groups is 2. The third kappa shape index (κ3) is 7.90. The van der Waals surface area contributed by atoms with Gasteiger partial charge in [-0.15, -0.1) is 36.2 Å². The Hall–Kier alpha value is -0.890. The van der Waals surface area contributed by atoms with Gasteiger partial charge in [-0.2, -0.15) is 0 Å². The molecule has 1 aromatic heterocycles. The Balaban J connectivity index is 0.00000288. The highest BCUT2D eigenvalue weighted by atomic mass is 35.5. The van der Waals surface area contributed by atoms with Gasteiger partial charge in [-0.3, -0.25) is 4.79 Å². The Morgan fingerprint density at radius 2 is 2.08 bits per heavy atom. The minimum Gasteiger partial charge on any atom is -0.461 e. The van der Waals surface area contributed by atoms with E-state index in [2.05, 4.69) is 22.5 Å². The van der Waals surface area contributed by atoms with Crippen molar-refractivity contribution in [3.63, 3.8) is 0 Å². The van der Waals surface area contributed by atoms with Gasteiger partial charge in [0.15, 0.2) is 5.69 Å². The first-order valence-electron chi connectivity index (χ1n) is 8.19. The number of aromatic nitrogens is 1. The van der Waals surface area contributed by atoms with E-state index in [1.54, 1.807) is 12.3 Å². The smallest absolute Gasteiger partial charge is 0.357 e. The highest BCUT2D eigenvalue weighted by Crippen LogP contribution is 2.24. The molecule has 1 saturated heterocycles. The molecule has 0 saturated carbocycles. The maximum absolute atomic E-state index is 12.1. The van der Waals surface area contributed by atoms with E-state index in [0.717, 1.165) is 30.9 Å². The van der Waals surface area contributed by atoms with E-state index in [1.165, 1.54) is 11.3 Å². The molecule has 2 heterocycles. The van der Waals surface area contributed by atoms with Crippen LogP contribution < -0.4 is 10.6 Å². The van der Waals surface area contributed by atoms with Crippen molar-refractivity contribution >= 4 is 48.0 Å². The van der Waals surface area contributed by atoms with E-state index in [9.17, 15) is 9.59 Å². The first kappa shape index (κ1) is 24.1. The van der Waals surface area contributed by atoms with Crippen LogP contribution in [0.1, 0.15) is 48.6 Å². The second-order valence-electron chi connectivity index (χ2n) is 5.89. The summed E-state index contributed by atoms with van der Waals surface area (Å²) >= 11 is 1.36. The molecule has 1 aromatic rings. The second-order valence-corrected chi connectivity index (χ2v) is 6.84. The zero-order valence-electron chi connectivity index (χ0n) is 14.6. The summed E-state index contributed by atoms with van der Waals surface area (Å²) in [5.74, 6) is 0.644. The lowest BCUT2D eigenvalue weighted by atomic mass is 9.84. The summed E-state index contributed by atoms with van der Waals surface area (Å²) in [5, 5.41) is 8.62. The average molecular weight is 412 g/mol. The number of carbonyl (C=O) groups excluding carboxylic acids is 2. The standard InChI is InChI=1S/C16H25N3O3S.2ClH/c1-3-22-16(21)13-10-23-15(19-13)9-18-14(20)8-11(2)12-4-6-17-7-5-12;;/h10-12,17H,3-9H2,1-2H3,(H,18,20);2*1H. The molecule has 1 unspecified atom stereocenters. The fraction of sp³-hybridized carbons (Fsp3) is 0.688. The summed E-state index contributed by atoms with van der Waals surface area (Å²) < 4.78 is 4.90. The van der Waals surface area contributed by atoms with Gasteiger partial charge in [0.25, 0.3) is 0 Å². The maximum Gasteiger partial charge on any atom is 0.357 e. The van der Waals surface area contributed by atoms with E-state index in [4.69, 9.17) is 4.74 Å². The van der Waals surface area contributed by atoms with Crippen LogP contribution in [0.2, 0.25) is 0 Å². The molecule has 0 radical (unpaired) electrons. The second kappa shape index (κ2) is 12.5. The Bertz CT molecular complexity index is 536. The van der Waals surface area contributed by atoms with Crippen molar-refractivity contribution < 1.29 is 14.3 Å². The highest BCUT2D eigenvalue weighted by Gasteiger charge is 2.22. The van der Waals surface area contributed by atoms with E-state index >= 15 is 0 Å². The number of rotatable bonds is 7. The molecular formula is C16H27Cl2N3O3S. The number of piperidine rings is 1. The largest absolute Gasteiger partial charge is 0.461 e. The lowest BCUT2D eigenvalue weighted by Gasteiger charge is -2.27. The van der Waals surface area contributed by atoms with Crippen molar-refractivity contribution in [3.05, 3.63) is 16.1 Å². The Labute approximate surface area is 165 Å². The van der Waals surface area contributed by atoms with Gasteiger partial charge < -0.3 is 15.4 Å². The summed E-state index contributed by atoms with van der Waals surface area (Å²) in [7, 11) is 0. The fourth-order valence-corrected chi connectivity index (χ4v) is 3.51. The Kier molecular flexibility index (Phi) is 12.0. The van der Waals surface area contributed by atoms with Crippen LogP contribution in [0, 0.1) is 11.8 Å². The lowest BCUT2D eigenvalue weighted by molar-refractivity contribution is -0.122. The highest BCUT2D eigenvalue weighted by molar-refractivity contribution is 7.09. The van der Waals surface area contributed by atoms with Gasteiger partial charge in [-0.25, -0.2) is 9.78 Å². The third-order valence-corrected chi connectivity index (χ3v) is 5.02. The minimum atomic E-state index is -0.416. The molecule has 6 nitrogen and oxygen atoms in total. The molecule has 25 heavy (non-hydrogen) atoms. The maximum atomic E-state index is 12.1. The molecule has 9 heteroatoms. The predicted octanol–water partition coefficient (Wildman–Crippen LogP) is 2.81. The van der Waals surface area contributed by atoms with Crippen LogP contribution in [0.4, 0.5) is 0 Å². The Morgan fingerprint density at radius 3 is 2.72 bits per heavy atom. The van der Waals surface area contributed by atoms with Gasteiger partial charge in [-0.05, 0) is 44.7 Å². The Morgan fingerprint density at radius 1 is 1.40 bits per heavy atom. The quantitative estimate of drug-likeness (QED) is 0.674. The summed E-state index contributed by atoms with van der Waals surface area (Å²) in [5.41, 5.74) is 0.309. The summed E-state index contributed by atoms with van der Waals surface area (Å²) in [6.45, 7) is 6.70. The van der Waals surface area contributed by atoms with E-state index < -0.39 is 5.97 Å². The van der Waals surface area contributed by atoms with Gasteiger partial charge >= 0.3 is 5.97 Å². The molecule has 1 atom stereocenters. The number of hydrogen-bond acceptors (Lipinski definition) is 6. The molecular weight excluding hydrogens is 385 g/mol.